The van der Waals surface area contributed by atoms with Gasteiger partial charge in [-0.1, -0.05) is 29.3 Å². The predicted molar refractivity (Wildman–Crippen MR) is 148 cm³/mol. The molecule has 8 nitrogen and oxygen atoms in total. The van der Waals surface area contributed by atoms with Gasteiger partial charge in [-0.2, -0.15) is 5.10 Å². The summed E-state index contributed by atoms with van der Waals surface area (Å²) in [5.74, 6) is 1.16. The summed E-state index contributed by atoms with van der Waals surface area (Å²) >= 11 is 12.5. The van der Waals surface area contributed by atoms with Crippen LogP contribution in [0.25, 0.3) is 0 Å². The van der Waals surface area contributed by atoms with E-state index in [4.69, 9.17) is 33.7 Å². The number of halogens is 2. The number of rotatable bonds is 8. The van der Waals surface area contributed by atoms with Crippen molar-refractivity contribution in [2.75, 3.05) is 48.3 Å². The van der Waals surface area contributed by atoms with E-state index in [-0.39, 0.29) is 13.0 Å². The number of aromatic amines is 1. The zero-order chi connectivity index (χ0) is 25.8. The average molecular weight is 539 g/mol. The van der Waals surface area contributed by atoms with Crippen LogP contribution in [0.3, 0.4) is 0 Å². The second-order valence-electron chi connectivity index (χ2n) is 9.11. The fraction of sp³-hybridized carbons (Fsp3) is 0.259. The van der Waals surface area contributed by atoms with E-state index in [1.807, 2.05) is 36.4 Å². The fourth-order valence-corrected chi connectivity index (χ4v) is 5.13. The van der Waals surface area contributed by atoms with Crippen molar-refractivity contribution in [1.29, 1.82) is 0 Å². The van der Waals surface area contributed by atoms with Crippen LogP contribution in [0.2, 0.25) is 10.0 Å². The van der Waals surface area contributed by atoms with Crippen molar-refractivity contribution in [3.63, 3.8) is 0 Å². The maximum atomic E-state index is 11.6. The van der Waals surface area contributed by atoms with Gasteiger partial charge in [0.2, 0.25) is 0 Å². The zero-order valence-electron chi connectivity index (χ0n) is 20.1. The molecule has 0 bridgehead atoms. The van der Waals surface area contributed by atoms with Crippen LogP contribution < -0.4 is 20.3 Å². The highest BCUT2D eigenvalue weighted by Crippen LogP contribution is 2.34. The van der Waals surface area contributed by atoms with Gasteiger partial charge < -0.3 is 25.4 Å². The van der Waals surface area contributed by atoms with E-state index in [1.165, 1.54) is 12.0 Å². The number of H-pyrrole nitrogens is 1. The molecule has 1 unspecified atom stereocenters. The first-order chi connectivity index (χ1) is 17.9. The lowest BCUT2D eigenvalue weighted by molar-refractivity contribution is -0.0108. The van der Waals surface area contributed by atoms with Crippen LogP contribution in [0, 0.1) is 0 Å². The molecular formula is C27H28Cl2N6O2. The number of benzene rings is 3. The van der Waals surface area contributed by atoms with Crippen molar-refractivity contribution >= 4 is 40.3 Å². The molecule has 37 heavy (non-hydrogen) atoms. The van der Waals surface area contributed by atoms with Gasteiger partial charge in [-0.05, 0) is 60.7 Å². The van der Waals surface area contributed by atoms with Gasteiger partial charge in [0.05, 0.1) is 0 Å². The molecule has 4 N–H and O–H groups in total. The third kappa shape index (κ3) is 5.93. The van der Waals surface area contributed by atoms with Crippen LogP contribution in [-0.4, -0.2) is 53.1 Å². The van der Waals surface area contributed by atoms with E-state index in [0.29, 0.717) is 27.2 Å². The molecule has 4 aromatic rings. The predicted octanol–water partition coefficient (Wildman–Crippen LogP) is 4.53. The maximum absolute atomic E-state index is 11.6. The summed E-state index contributed by atoms with van der Waals surface area (Å²) in [5, 5.41) is 19.1. The minimum atomic E-state index is -1.45. The number of hydrogen-bond acceptors (Lipinski definition) is 7. The highest BCUT2D eigenvalue weighted by atomic mass is 35.5. The molecule has 1 aromatic heterocycles. The monoisotopic (exact) mass is 538 g/mol. The molecule has 1 atom stereocenters. The lowest BCUT2D eigenvalue weighted by atomic mass is 9.90. The minimum absolute atomic E-state index is 0.0331. The number of nitrogens with one attached hydrogen (secondary N) is 1. The molecule has 1 saturated heterocycles. The number of nitrogen functional groups attached to an aromatic ring is 1. The molecular weight excluding hydrogens is 511 g/mol. The molecule has 10 heteroatoms. The molecule has 0 amide bonds. The summed E-state index contributed by atoms with van der Waals surface area (Å²) in [5.41, 5.74) is 7.97. The van der Waals surface area contributed by atoms with Gasteiger partial charge in [0.15, 0.2) is 0 Å². The lowest BCUT2D eigenvalue weighted by Crippen LogP contribution is -2.46. The first-order valence-corrected chi connectivity index (χ1v) is 12.8. The van der Waals surface area contributed by atoms with Gasteiger partial charge in [-0.3, -0.25) is 5.10 Å². The van der Waals surface area contributed by atoms with Crippen molar-refractivity contribution in [3.05, 3.63) is 94.5 Å². The van der Waals surface area contributed by atoms with E-state index in [1.54, 1.807) is 18.2 Å². The van der Waals surface area contributed by atoms with Crippen molar-refractivity contribution in [1.82, 2.24) is 15.2 Å². The van der Waals surface area contributed by atoms with E-state index < -0.39 is 5.60 Å². The second kappa shape index (κ2) is 10.9. The summed E-state index contributed by atoms with van der Waals surface area (Å²) in [4.78, 5) is 8.87. The van der Waals surface area contributed by atoms with Crippen LogP contribution in [0.4, 0.5) is 17.1 Å². The molecule has 3 aromatic carbocycles. The molecule has 2 heterocycles. The number of nitrogens with zero attached hydrogens (tertiary/aromatic N) is 4. The highest BCUT2D eigenvalue weighted by molar-refractivity contribution is 6.35. The van der Waals surface area contributed by atoms with Crippen molar-refractivity contribution in [2.24, 2.45) is 0 Å². The van der Waals surface area contributed by atoms with Crippen LogP contribution in [0.15, 0.2) is 73.1 Å². The van der Waals surface area contributed by atoms with Gasteiger partial charge in [0.1, 0.15) is 30.1 Å². The Balaban J connectivity index is 1.23. The van der Waals surface area contributed by atoms with Crippen LogP contribution in [0.1, 0.15) is 11.4 Å². The molecule has 0 radical (unpaired) electrons. The van der Waals surface area contributed by atoms with Gasteiger partial charge in [-0.25, -0.2) is 4.98 Å². The van der Waals surface area contributed by atoms with Crippen LogP contribution in [-0.2, 0) is 12.0 Å². The van der Waals surface area contributed by atoms with E-state index in [9.17, 15) is 5.11 Å². The van der Waals surface area contributed by atoms with Crippen molar-refractivity contribution in [3.8, 4) is 5.75 Å². The number of hydrogen-bond donors (Lipinski definition) is 3. The zero-order valence-corrected chi connectivity index (χ0v) is 21.7. The van der Waals surface area contributed by atoms with Gasteiger partial charge in [-0.15, -0.1) is 0 Å². The third-order valence-electron chi connectivity index (χ3n) is 6.57. The van der Waals surface area contributed by atoms with Gasteiger partial charge >= 0.3 is 0 Å². The molecule has 5 rings (SSSR count). The SMILES string of the molecule is Nc1ccc(N2CCN(c3ccc(OCC(O)(Cc4ncn[nH]4)c4ccc(Cl)cc4Cl)cc3)CC2)cc1. The summed E-state index contributed by atoms with van der Waals surface area (Å²) in [6.07, 6.45) is 1.54. The summed E-state index contributed by atoms with van der Waals surface area (Å²) in [6.45, 7) is 3.65. The Kier molecular flexibility index (Phi) is 7.41. The molecule has 1 fully saturated rings. The summed E-state index contributed by atoms with van der Waals surface area (Å²) < 4.78 is 6.05. The standard InChI is InChI=1S/C27H28Cl2N6O2/c28-19-1-10-24(25(29)15-19)27(36,16-26-31-18-32-33-26)17-37-23-8-6-22(7-9-23)35-13-11-34(12-14-35)21-4-2-20(30)3-5-21/h1-10,15,18,36H,11-14,16-17,30H2,(H,31,32,33). The summed E-state index contributed by atoms with van der Waals surface area (Å²) in [6, 6.07) is 20.9. The number of anilines is 3. The summed E-state index contributed by atoms with van der Waals surface area (Å²) in [7, 11) is 0. The molecule has 1 aliphatic heterocycles. The smallest absolute Gasteiger partial charge is 0.137 e. The Bertz CT molecular complexity index is 1310. The quantitative estimate of drug-likeness (QED) is 0.283. The molecule has 0 saturated carbocycles. The number of aliphatic hydroxyl groups is 1. The minimum Gasteiger partial charge on any atom is -0.490 e. The Hall–Kier alpha value is -3.46. The van der Waals surface area contributed by atoms with E-state index in [2.05, 4.69) is 37.1 Å². The van der Waals surface area contributed by atoms with Crippen LogP contribution in [0.5, 0.6) is 5.75 Å². The van der Waals surface area contributed by atoms with Crippen molar-refractivity contribution < 1.29 is 9.84 Å². The van der Waals surface area contributed by atoms with Crippen molar-refractivity contribution in [2.45, 2.75) is 12.0 Å². The normalized spacial score (nSPS) is 15.4. The Morgan fingerprint density at radius 1 is 0.919 bits per heavy atom. The van der Waals surface area contributed by atoms with E-state index in [0.717, 1.165) is 37.6 Å². The number of ether oxygens (including phenoxy) is 1. The number of nitrogens with two attached hydrogens (primary N) is 1. The van der Waals surface area contributed by atoms with Gasteiger partial charge in [0, 0.05) is 65.3 Å². The molecule has 0 spiro atoms. The van der Waals surface area contributed by atoms with Gasteiger partial charge in [0.25, 0.3) is 0 Å². The lowest BCUT2D eigenvalue weighted by Gasteiger charge is -2.37. The first kappa shape index (κ1) is 25.2. The Labute approximate surface area is 225 Å². The Morgan fingerprint density at radius 2 is 1.54 bits per heavy atom. The largest absolute Gasteiger partial charge is 0.490 e. The van der Waals surface area contributed by atoms with Crippen LogP contribution >= 0.6 is 23.2 Å². The second-order valence-corrected chi connectivity index (χ2v) is 9.96. The maximum Gasteiger partial charge on any atom is 0.137 e. The highest BCUT2D eigenvalue weighted by Gasteiger charge is 2.34. The third-order valence-corrected chi connectivity index (χ3v) is 7.12. The number of piperazine rings is 1. The molecule has 192 valence electrons. The molecule has 1 aliphatic rings. The average Bonchev–Trinajstić information content (AvgIpc) is 3.41. The fourth-order valence-electron chi connectivity index (χ4n) is 4.55. The first-order valence-electron chi connectivity index (χ1n) is 12.0. The Morgan fingerprint density at radius 3 is 2.11 bits per heavy atom. The molecule has 0 aliphatic carbocycles. The number of aromatic nitrogens is 3. The van der Waals surface area contributed by atoms with E-state index >= 15 is 0 Å². The topological polar surface area (TPSA) is 104 Å².